The Bertz CT molecular complexity index is 1320. The van der Waals surface area contributed by atoms with E-state index in [-0.39, 0.29) is 18.0 Å². The predicted octanol–water partition coefficient (Wildman–Crippen LogP) is 5.54. The van der Waals surface area contributed by atoms with Crippen molar-refractivity contribution in [3.63, 3.8) is 0 Å². The number of halogens is 1. The van der Waals surface area contributed by atoms with Crippen LogP contribution in [0.2, 0.25) is 0 Å². The maximum absolute atomic E-state index is 13.1. The molecule has 0 heterocycles. The Labute approximate surface area is 227 Å². The molecule has 1 N–H and O–H groups in total. The lowest BCUT2D eigenvalue weighted by atomic mass is 10.0. The van der Waals surface area contributed by atoms with Gasteiger partial charge < -0.3 is 19.0 Å². The minimum absolute atomic E-state index is 0.127. The van der Waals surface area contributed by atoms with Gasteiger partial charge in [-0.05, 0) is 60.0 Å². The van der Waals surface area contributed by atoms with E-state index < -0.39 is 5.97 Å². The first-order chi connectivity index (χ1) is 19.0. The maximum Gasteiger partial charge on any atom is 0.341 e. The van der Waals surface area contributed by atoms with Gasteiger partial charge in [-0.3, -0.25) is 10.3 Å². The van der Waals surface area contributed by atoms with Gasteiger partial charge in [0.15, 0.2) is 0 Å². The molecule has 0 aliphatic rings. The number of ether oxygens (including phenoxy) is 3. The van der Waals surface area contributed by atoms with Gasteiger partial charge in [0.2, 0.25) is 0 Å². The Balaban J connectivity index is 1.69. The van der Waals surface area contributed by atoms with Crippen molar-refractivity contribution in [1.82, 2.24) is 5.48 Å². The number of esters is 1. The van der Waals surface area contributed by atoms with Crippen LogP contribution in [-0.2, 0) is 37.2 Å². The van der Waals surface area contributed by atoms with Crippen LogP contribution in [0.5, 0.6) is 5.75 Å². The SMILES string of the molecule is CC=C(NOCc1ccccc1C(=COC)C(=O)OC)C(=NOC)c1ccc(OCc2ccc(F)cc2)cc1. The summed E-state index contributed by atoms with van der Waals surface area (Å²) in [5, 5.41) is 4.17. The van der Waals surface area contributed by atoms with Gasteiger partial charge in [0.05, 0.1) is 26.2 Å². The third-order valence-corrected chi connectivity index (χ3v) is 5.53. The lowest BCUT2D eigenvalue weighted by molar-refractivity contribution is -0.133. The molecule has 204 valence electrons. The monoisotopic (exact) mass is 534 g/mol. The number of hydrogen-bond acceptors (Lipinski definition) is 8. The Morgan fingerprint density at radius 2 is 1.67 bits per heavy atom. The number of hydrogen-bond donors (Lipinski definition) is 1. The highest BCUT2D eigenvalue weighted by Crippen LogP contribution is 2.22. The van der Waals surface area contributed by atoms with E-state index in [4.69, 9.17) is 23.9 Å². The molecule has 0 atom stereocenters. The van der Waals surface area contributed by atoms with Gasteiger partial charge in [-0.15, -0.1) is 0 Å². The molecule has 39 heavy (non-hydrogen) atoms. The predicted molar refractivity (Wildman–Crippen MR) is 146 cm³/mol. The molecule has 3 aromatic carbocycles. The molecule has 8 nitrogen and oxygen atoms in total. The quantitative estimate of drug-likeness (QED) is 0.101. The molecule has 0 amide bonds. The van der Waals surface area contributed by atoms with Crippen molar-refractivity contribution in [2.24, 2.45) is 5.16 Å². The number of allylic oxidation sites excluding steroid dienone is 2. The van der Waals surface area contributed by atoms with Gasteiger partial charge in [-0.25, -0.2) is 9.18 Å². The van der Waals surface area contributed by atoms with Gasteiger partial charge in [0.1, 0.15) is 43.2 Å². The number of methoxy groups -OCH3 is 2. The summed E-state index contributed by atoms with van der Waals surface area (Å²) in [5.41, 5.74) is 7.25. The van der Waals surface area contributed by atoms with Crippen molar-refractivity contribution in [2.75, 3.05) is 21.3 Å². The number of rotatable bonds is 13. The van der Waals surface area contributed by atoms with E-state index in [0.717, 1.165) is 16.7 Å². The van der Waals surface area contributed by atoms with Crippen molar-refractivity contribution < 1.29 is 33.1 Å². The molecule has 0 fully saturated rings. The van der Waals surface area contributed by atoms with Gasteiger partial charge in [-0.1, -0.05) is 47.6 Å². The van der Waals surface area contributed by atoms with Crippen LogP contribution in [0.1, 0.15) is 29.2 Å². The molecule has 0 spiro atoms. The standard InChI is InChI=1S/C30H31FN2O6/c1-5-28(32-39-19-23-8-6-7-9-26(23)27(20-35-2)30(34)36-3)29(33-37-4)22-12-16-25(17-13-22)38-18-21-10-14-24(31)15-11-21/h5-17,20,32H,18-19H2,1-4H3. The average molecular weight is 535 g/mol. The van der Waals surface area contributed by atoms with Crippen LogP contribution in [0.15, 0.2) is 96.0 Å². The number of carbonyl (C=O) groups is 1. The fourth-order valence-corrected chi connectivity index (χ4v) is 3.60. The Kier molecular flexibility index (Phi) is 11.1. The fourth-order valence-electron chi connectivity index (χ4n) is 3.60. The first-order valence-corrected chi connectivity index (χ1v) is 12.0. The molecule has 9 heteroatoms. The van der Waals surface area contributed by atoms with Crippen molar-refractivity contribution in [1.29, 1.82) is 0 Å². The van der Waals surface area contributed by atoms with Crippen LogP contribution in [0.4, 0.5) is 4.39 Å². The van der Waals surface area contributed by atoms with Gasteiger partial charge in [0, 0.05) is 5.56 Å². The third-order valence-electron chi connectivity index (χ3n) is 5.53. The number of hydroxylamine groups is 1. The molecule has 0 aliphatic carbocycles. The number of oxime groups is 1. The van der Waals surface area contributed by atoms with Crippen LogP contribution < -0.4 is 10.2 Å². The molecule has 3 rings (SSSR count). The minimum Gasteiger partial charge on any atom is -0.503 e. The summed E-state index contributed by atoms with van der Waals surface area (Å²) < 4.78 is 28.9. The van der Waals surface area contributed by atoms with E-state index >= 15 is 0 Å². The largest absolute Gasteiger partial charge is 0.503 e. The fraction of sp³-hybridized carbons (Fsp3) is 0.200. The number of carbonyl (C=O) groups excluding carboxylic acids is 1. The summed E-state index contributed by atoms with van der Waals surface area (Å²) in [7, 11) is 4.23. The second kappa shape index (κ2) is 14.9. The summed E-state index contributed by atoms with van der Waals surface area (Å²) in [6, 6.07) is 20.8. The van der Waals surface area contributed by atoms with Crippen LogP contribution in [0, 0.1) is 5.82 Å². The summed E-state index contributed by atoms with van der Waals surface area (Å²) in [5.74, 6) is -0.164. The number of nitrogens with zero attached hydrogens (tertiary/aromatic N) is 1. The molecule has 3 aromatic rings. The van der Waals surface area contributed by atoms with Crippen molar-refractivity contribution >= 4 is 17.3 Å². The smallest absolute Gasteiger partial charge is 0.341 e. The maximum atomic E-state index is 13.1. The Morgan fingerprint density at radius 3 is 2.31 bits per heavy atom. The minimum atomic E-state index is -0.522. The normalized spacial score (nSPS) is 12.1. The van der Waals surface area contributed by atoms with E-state index in [2.05, 4.69) is 10.6 Å². The van der Waals surface area contributed by atoms with Crippen molar-refractivity contribution in [3.05, 3.63) is 119 Å². The summed E-state index contributed by atoms with van der Waals surface area (Å²) in [6.45, 7) is 2.27. The van der Waals surface area contributed by atoms with E-state index in [1.54, 1.807) is 24.3 Å². The van der Waals surface area contributed by atoms with E-state index in [1.807, 2.05) is 49.4 Å². The van der Waals surface area contributed by atoms with E-state index in [1.165, 1.54) is 39.7 Å². The van der Waals surface area contributed by atoms with E-state index in [0.29, 0.717) is 29.3 Å². The molecule has 0 aliphatic heterocycles. The molecule has 0 saturated heterocycles. The molecular formula is C30H31FN2O6. The summed E-state index contributed by atoms with van der Waals surface area (Å²) >= 11 is 0. The van der Waals surface area contributed by atoms with Crippen LogP contribution in [-0.4, -0.2) is 33.0 Å². The highest BCUT2D eigenvalue weighted by Gasteiger charge is 2.17. The number of benzene rings is 3. The second-order valence-corrected chi connectivity index (χ2v) is 8.07. The van der Waals surface area contributed by atoms with Crippen LogP contribution in [0.3, 0.4) is 0 Å². The van der Waals surface area contributed by atoms with Crippen LogP contribution >= 0.6 is 0 Å². The topological polar surface area (TPSA) is 87.6 Å². The molecule has 0 unspecified atom stereocenters. The third kappa shape index (κ3) is 8.18. The van der Waals surface area contributed by atoms with Gasteiger partial charge in [0.25, 0.3) is 0 Å². The molecule has 0 radical (unpaired) electrons. The van der Waals surface area contributed by atoms with Gasteiger partial charge >= 0.3 is 5.97 Å². The molecule has 0 saturated carbocycles. The zero-order valence-corrected chi connectivity index (χ0v) is 22.3. The van der Waals surface area contributed by atoms with Crippen molar-refractivity contribution in [2.45, 2.75) is 20.1 Å². The highest BCUT2D eigenvalue weighted by atomic mass is 19.1. The van der Waals surface area contributed by atoms with E-state index in [9.17, 15) is 9.18 Å². The highest BCUT2D eigenvalue weighted by molar-refractivity contribution is 6.16. The Morgan fingerprint density at radius 1 is 0.949 bits per heavy atom. The molecule has 0 bridgehead atoms. The Hall–Kier alpha value is -4.63. The summed E-state index contributed by atoms with van der Waals surface area (Å²) in [4.78, 5) is 23.1. The first kappa shape index (κ1) is 28.9. The van der Waals surface area contributed by atoms with Crippen molar-refractivity contribution in [3.8, 4) is 5.75 Å². The zero-order valence-electron chi connectivity index (χ0n) is 22.3. The lowest BCUT2D eigenvalue weighted by Gasteiger charge is -2.15. The van der Waals surface area contributed by atoms with Gasteiger partial charge in [-0.2, -0.15) is 0 Å². The first-order valence-electron chi connectivity index (χ1n) is 12.0. The second-order valence-electron chi connectivity index (χ2n) is 8.07. The average Bonchev–Trinajstić information content (AvgIpc) is 2.97. The zero-order chi connectivity index (χ0) is 28.0. The molecular weight excluding hydrogens is 503 g/mol. The summed E-state index contributed by atoms with van der Waals surface area (Å²) in [6.07, 6.45) is 3.14. The molecule has 0 aromatic heterocycles. The number of nitrogens with one attached hydrogen (secondary N) is 1. The van der Waals surface area contributed by atoms with Crippen LogP contribution in [0.25, 0.3) is 5.57 Å². The lowest BCUT2D eigenvalue weighted by Crippen LogP contribution is -2.22.